The molecule has 0 saturated heterocycles. The SMILES string of the molecule is CC(=O)c1ccc(C(c2ccc3c(c2)C(=O)N(c2ccc(C4(c5ccc(N(C)C)c(C)c5)c5ccccc5-c5ccccc54)cc2C)C3=O)(C(F)(F)F)C(F)(F)F)cc1C(C)=O. The molecule has 62 heavy (non-hydrogen) atoms. The highest BCUT2D eigenvalue weighted by Crippen LogP contribution is 2.58. The molecule has 0 atom stereocenters. The molecule has 1 heterocycles. The predicted molar refractivity (Wildman–Crippen MR) is 224 cm³/mol. The zero-order valence-corrected chi connectivity index (χ0v) is 34.3. The Labute approximate surface area is 353 Å². The molecular formula is C50H38F6N2O4. The number of fused-ring (bicyclic) bond motifs is 4. The van der Waals surface area contributed by atoms with Gasteiger partial charge in [-0.15, -0.1) is 0 Å². The number of benzene rings is 6. The van der Waals surface area contributed by atoms with E-state index in [4.69, 9.17) is 0 Å². The fourth-order valence-corrected chi connectivity index (χ4v) is 9.60. The highest BCUT2D eigenvalue weighted by atomic mass is 19.4. The van der Waals surface area contributed by atoms with Crippen molar-refractivity contribution < 1.29 is 45.5 Å². The smallest absolute Gasteiger partial charge is 0.377 e. The molecule has 0 spiro atoms. The molecule has 6 aromatic carbocycles. The van der Waals surface area contributed by atoms with Crippen LogP contribution in [0.1, 0.15) is 99.8 Å². The van der Waals surface area contributed by atoms with Gasteiger partial charge >= 0.3 is 12.4 Å². The Morgan fingerprint density at radius 2 is 1.05 bits per heavy atom. The van der Waals surface area contributed by atoms with Crippen molar-refractivity contribution in [3.63, 3.8) is 0 Å². The van der Waals surface area contributed by atoms with Gasteiger partial charge < -0.3 is 4.90 Å². The second kappa shape index (κ2) is 14.4. The number of carbonyl (C=O) groups is 4. The van der Waals surface area contributed by atoms with E-state index in [2.05, 4.69) is 42.5 Å². The third-order valence-electron chi connectivity index (χ3n) is 12.3. The number of amides is 2. The third-order valence-corrected chi connectivity index (χ3v) is 12.3. The van der Waals surface area contributed by atoms with Gasteiger partial charge in [0.2, 0.25) is 5.41 Å². The summed E-state index contributed by atoms with van der Waals surface area (Å²) in [4.78, 5) is 55.8. The van der Waals surface area contributed by atoms with Crippen LogP contribution in [0, 0.1) is 13.8 Å². The molecule has 2 aliphatic rings. The molecule has 6 nitrogen and oxygen atoms in total. The second-order valence-electron chi connectivity index (χ2n) is 16.1. The van der Waals surface area contributed by atoms with Crippen molar-refractivity contribution in [3.8, 4) is 11.1 Å². The molecule has 2 amide bonds. The highest BCUT2D eigenvalue weighted by molar-refractivity contribution is 6.34. The van der Waals surface area contributed by atoms with E-state index in [1.165, 1.54) is 0 Å². The largest absolute Gasteiger partial charge is 0.411 e. The number of aryl methyl sites for hydroxylation is 2. The molecule has 1 aliphatic carbocycles. The molecular weight excluding hydrogens is 807 g/mol. The van der Waals surface area contributed by atoms with E-state index in [9.17, 15) is 19.2 Å². The van der Waals surface area contributed by atoms with Crippen LogP contribution in [0.4, 0.5) is 37.7 Å². The quantitative estimate of drug-likeness (QED) is 0.0865. The summed E-state index contributed by atoms with van der Waals surface area (Å²) in [6.07, 6.45) is -12.2. The first kappa shape index (κ1) is 41.9. The molecule has 0 aromatic heterocycles. The Bertz CT molecular complexity index is 2850. The van der Waals surface area contributed by atoms with Crippen LogP contribution in [0.3, 0.4) is 0 Å². The standard InChI is InChI=1S/C50H38F6N2O4/c1-27-23-31(17-21-43(27)57(5)6)47(41-13-9-7-11-36(41)37-12-8-10-14-42(37)47)32-18-22-44(28(2)24-32)58-45(61)38-20-16-34(26-40(38)46(58)62)48(49(51,52)53,50(54,55)56)33-15-19-35(29(3)59)39(25-33)30(4)60/h7-26H,1-6H3. The molecule has 314 valence electrons. The topological polar surface area (TPSA) is 74.8 Å². The summed E-state index contributed by atoms with van der Waals surface area (Å²) in [7, 11) is 3.92. The summed E-state index contributed by atoms with van der Waals surface area (Å²) in [5.41, 5.74) is -2.03. The third kappa shape index (κ3) is 5.86. The first-order valence-corrected chi connectivity index (χ1v) is 19.6. The minimum absolute atomic E-state index is 0.0965. The van der Waals surface area contributed by atoms with Crippen LogP contribution in [0.5, 0.6) is 0 Å². The number of Topliss-reactive ketones (excluding diaryl/α,β-unsaturated/α-hetero) is 2. The number of anilines is 2. The predicted octanol–water partition coefficient (Wildman–Crippen LogP) is 11.3. The van der Waals surface area contributed by atoms with Gasteiger partial charge in [-0.2, -0.15) is 26.3 Å². The van der Waals surface area contributed by atoms with Gasteiger partial charge in [0.05, 0.1) is 22.2 Å². The number of hydrogen-bond donors (Lipinski definition) is 0. The number of rotatable bonds is 8. The molecule has 0 saturated carbocycles. The van der Waals surface area contributed by atoms with E-state index in [-0.39, 0.29) is 16.8 Å². The number of halogens is 6. The first-order chi connectivity index (χ1) is 29.2. The molecule has 6 aromatic rings. The molecule has 0 bridgehead atoms. The number of nitrogens with zero attached hydrogens (tertiary/aromatic N) is 2. The average molecular weight is 845 g/mol. The Hall–Kier alpha value is -6.82. The Balaban J connectivity index is 1.27. The van der Waals surface area contributed by atoms with Crippen molar-refractivity contribution in [1.82, 2.24) is 0 Å². The molecule has 12 heteroatoms. The van der Waals surface area contributed by atoms with Crippen molar-refractivity contribution in [2.45, 2.75) is 50.9 Å². The van der Waals surface area contributed by atoms with Crippen molar-refractivity contribution in [1.29, 1.82) is 0 Å². The number of hydrogen-bond acceptors (Lipinski definition) is 5. The van der Waals surface area contributed by atoms with E-state index in [0.717, 1.165) is 75.5 Å². The highest BCUT2D eigenvalue weighted by Gasteiger charge is 2.73. The fraction of sp³-hybridized carbons (Fsp3) is 0.200. The minimum atomic E-state index is -6.08. The van der Waals surface area contributed by atoms with Gasteiger partial charge in [-0.25, -0.2) is 4.90 Å². The Morgan fingerprint density at radius 3 is 1.56 bits per heavy atom. The van der Waals surface area contributed by atoms with Gasteiger partial charge in [-0.1, -0.05) is 91.0 Å². The van der Waals surface area contributed by atoms with Crippen LogP contribution in [0.15, 0.2) is 121 Å². The van der Waals surface area contributed by atoms with Gasteiger partial charge in [0, 0.05) is 30.9 Å². The van der Waals surface area contributed by atoms with Crippen LogP contribution in [-0.4, -0.2) is 49.8 Å². The zero-order chi connectivity index (χ0) is 44.8. The van der Waals surface area contributed by atoms with E-state index in [1.807, 2.05) is 56.3 Å². The van der Waals surface area contributed by atoms with Gasteiger partial charge in [0.25, 0.3) is 11.8 Å². The number of imide groups is 1. The summed E-state index contributed by atoms with van der Waals surface area (Å²) >= 11 is 0. The maximum Gasteiger partial charge on any atom is 0.411 e. The fourth-order valence-electron chi connectivity index (χ4n) is 9.60. The average Bonchev–Trinajstić information content (AvgIpc) is 3.64. The van der Waals surface area contributed by atoms with Crippen molar-refractivity contribution >= 4 is 34.8 Å². The van der Waals surface area contributed by atoms with E-state index in [1.54, 1.807) is 19.1 Å². The lowest BCUT2D eigenvalue weighted by Crippen LogP contribution is -2.55. The summed E-state index contributed by atoms with van der Waals surface area (Å²) < 4.78 is 91.8. The van der Waals surface area contributed by atoms with Gasteiger partial charge in [-0.05, 0) is 114 Å². The van der Waals surface area contributed by atoms with E-state index < -0.39 is 68.8 Å². The zero-order valence-electron chi connectivity index (χ0n) is 34.3. The monoisotopic (exact) mass is 844 g/mol. The second-order valence-corrected chi connectivity index (χ2v) is 16.1. The molecule has 0 fully saturated rings. The Morgan fingerprint density at radius 1 is 0.548 bits per heavy atom. The number of ketones is 2. The number of alkyl halides is 6. The van der Waals surface area contributed by atoms with Crippen LogP contribution in [-0.2, 0) is 10.8 Å². The van der Waals surface area contributed by atoms with Crippen molar-refractivity contribution in [2.75, 3.05) is 23.9 Å². The van der Waals surface area contributed by atoms with E-state index >= 15 is 26.3 Å². The lowest BCUT2D eigenvalue weighted by atomic mass is 9.67. The maximum absolute atomic E-state index is 15.3. The normalized spacial score (nSPS) is 14.4. The van der Waals surface area contributed by atoms with E-state index in [0.29, 0.717) is 29.8 Å². The summed E-state index contributed by atoms with van der Waals surface area (Å²) in [6.45, 7) is 5.67. The van der Waals surface area contributed by atoms with Crippen LogP contribution < -0.4 is 9.80 Å². The van der Waals surface area contributed by atoms with Crippen LogP contribution in [0.2, 0.25) is 0 Å². The van der Waals surface area contributed by atoms with Crippen LogP contribution in [0.25, 0.3) is 11.1 Å². The summed E-state index contributed by atoms with van der Waals surface area (Å²) in [5, 5.41) is 0. The van der Waals surface area contributed by atoms with Crippen LogP contribution >= 0.6 is 0 Å². The van der Waals surface area contributed by atoms with Gasteiger partial charge in [-0.3, -0.25) is 19.2 Å². The Kier molecular flexibility index (Phi) is 9.73. The molecule has 1 aliphatic heterocycles. The lowest BCUT2D eigenvalue weighted by Gasteiger charge is -2.38. The summed E-state index contributed by atoms with van der Waals surface area (Å²) in [5.74, 6) is -3.70. The number of carbonyl (C=O) groups excluding carboxylic acids is 4. The first-order valence-electron chi connectivity index (χ1n) is 19.6. The molecule has 0 radical (unpaired) electrons. The maximum atomic E-state index is 15.3. The van der Waals surface area contributed by atoms with Crippen molar-refractivity contribution in [2.24, 2.45) is 0 Å². The minimum Gasteiger partial charge on any atom is -0.377 e. The van der Waals surface area contributed by atoms with Gasteiger partial charge in [0.1, 0.15) is 0 Å². The molecule has 0 N–H and O–H groups in total. The molecule has 0 unspecified atom stereocenters. The molecule has 8 rings (SSSR count). The lowest BCUT2D eigenvalue weighted by molar-refractivity contribution is -0.288. The van der Waals surface area contributed by atoms with Gasteiger partial charge in [0.15, 0.2) is 11.6 Å². The summed E-state index contributed by atoms with van der Waals surface area (Å²) in [6, 6.07) is 31.1. The van der Waals surface area contributed by atoms with Crippen molar-refractivity contribution in [3.05, 3.63) is 188 Å².